The van der Waals surface area contributed by atoms with Gasteiger partial charge in [0.15, 0.2) is 0 Å². The molecule has 3 aliphatic rings. The van der Waals surface area contributed by atoms with Crippen LogP contribution in [0.2, 0.25) is 0 Å². The van der Waals surface area contributed by atoms with Crippen molar-refractivity contribution in [1.29, 1.82) is 0 Å². The van der Waals surface area contributed by atoms with Gasteiger partial charge in [-0.3, -0.25) is 0 Å². The molecule has 6 atom stereocenters. The third kappa shape index (κ3) is 2.88. The summed E-state index contributed by atoms with van der Waals surface area (Å²) in [5, 5.41) is 3.18. The Labute approximate surface area is 147 Å². The Morgan fingerprint density at radius 3 is 2.88 bits per heavy atom. The van der Waals surface area contributed by atoms with Crippen molar-refractivity contribution in [3.05, 3.63) is 11.6 Å². The maximum absolute atomic E-state index is 11.0. The smallest absolute Gasteiger partial charge is 0.120 e. The number of aldehydes is 1. The lowest BCUT2D eigenvalue weighted by atomic mass is 9.44. The van der Waals surface area contributed by atoms with E-state index >= 15 is 0 Å². The minimum atomic E-state index is -0.0751. The molecule has 3 nitrogen and oxygen atoms in total. The Balaban J connectivity index is 1.80. The van der Waals surface area contributed by atoms with Gasteiger partial charge >= 0.3 is 0 Å². The van der Waals surface area contributed by atoms with Gasteiger partial charge in [0.2, 0.25) is 0 Å². The molecule has 3 aliphatic carbocycles. The van der Waals surface area contributed by atoms with Crippen molar-refractivity contribution in [2.24, 2.45) is 29.1 Å². The fourth-order valence-corrected chi connectivity index (χ4v) is 6.30. The van der Waals surface area contributed by atoms with Gasteiger partial charge < -0.3 is 14.8 Å². The fourth-order valence-electron chi connectivity index (χ4n) is 6.30. The number of likely N-dealkylation sites (N-methyl/N-ethyl adjacent to an activating group) is 1. The molecule has 136 valence electrons. The quantitative estimate of drug-likeness (QED) is 0.435. The zero-order valence-corrected chi connectivity index (χ0v) is 15.9. The number of rotatable bonds is 7. The van der Waals surface area contributed by atoms with E-state index in [4.69, 9.17) is 4.74 Å². The molecule has 24 heavy (non-hydrogen) atoms. The molecule has 0 aliphatic heterocycles. The Bertz CT molecular complexity index is 502. The van der Waals surface area contributed by atoms with Crippen LogP contribution in [0, 0.1) is 29.1 Å². The molecule has 0 aromatic heterocycles. The summed E-state index contributed by atoms with van der Waals surface area (Å²) >= 11 is 0. The second kappa shape index (κ2) is 6.92. The highest BCUT2D eigenvalue weighted by Crippen LogP contribution is 2.64. The number of hydrogen-bond donors (Lipinski definition) is 1. The van der Waals surface area contributed by atoms with E-state index < -0.39 is 0 Å². The van der Waals surface area contributed by atoms with Gasteiger partial charge in [-0.25, -0.2) is 0 Å². The molecule has 0 radical (unpaired) electrons. The molecule has 0 heterocycles. The number of carbonyl (C=O) groups excluding carboxylic acids is 1. The van der Waals surface area contributed by atoms with Gasteiger partial charge in [0.05, 0.1) is 12.2 Å². The third-order valence-electron chi connectivity index (χ3n) is 7.52. The summed E-state index contributed by atoms with van der Waals surface area (Å²) in [5.74, 6) is 2.75. The summed E-state index contributed by atoms with van der Waals surface area (Å²) in [6.45, 7) is 8.91. The van der Waals surface area contributed by atoms with Gasteiger partial charge in [0.1, 0.15) is 6.29 Å². The average molecular weight is 334 g/mol. The summed E-state index contributed by atoms with van der Waals surface area (Å²) in [4.78, 5) is 11.0. The summed E-state index contributed by atoms with van der Waals surface area (Å²) in [5.41, 5.74) is 1.94. The number of fused-ring (bicyclic) bond motifs is 3. The van der Waals surface area contributed by atoms with Gasteiger partial charge in [-0.15, -0.1) is 0 Å². The third-order valence-corrected chi connectivity index (χ3v) is 7.52. The Hall–Kier alpha value is -0.670. The number of ether oxygens (including phenoxy) is 1. The van der Waals surface area contributed by atoms with Crippen LogP contribution in [0.1, 0.15) is 59.3 Å². The minimum absolute atomic E-state index is 0.0751. The topological polar surface area (TPSA) is 38.3 Å². The first-order valence-electron chi connectivity index (χ1n) is 9.90. The van der Waals surface area contributed by atoms with Crippen molar-refractivity contribution in [3.63, 3.8) is 0 Å². The highest BCUT2D eigenvalue weighted by atomic mass is 16.5. The molecule has 5 unspecified atom stereocenters. The lowest BCUT2D eigenvalue weighted by molar-refractivity contribution is -0.133. The van der Waals surface area contributed by atoms with E-state index in [0.717, 1.165) is 44.1 Å². The lowest BCUT2D eigenvalue weighted by Crippen LogP contribution is -2.59. The summed E-state index contributed by atoms with van der Waals surface area (Å²) in [7, 11) is 1.98. The first-order valence-corrected chi connectivity index (χ1v) is 9.90. The van der Waals surface area contributed by atoms with E-state index in [0.29, 0.717) is 17.3 Å². The van der Waals surface area contributed by atoms with E-state index in [-0.39, 0.29) is 5.60 Å². The van der Waals surface area contributed by atoms with Gasteiger partial charge in [-0.2, -0.15) is 0 Å². The largest absolute Gasteiger partial charge is 0.369 e. The fraction of sp³-hybridized carbons (Fsp3) is 0.857. The first kappa shape index (κ1) is 18.1. The van der Waals surface area contributed by atoms with Crippen LogP contribution in [-0.4, -0.2) is 32.1 Å². The SMILES string of the molecule is CNCCO[C@]1(C)C=C2CCC3(C)C(CCC=O)C(C)CCC3C21. The molecule has 0 amide bonds. The molecule has 3 rings (SSSR count). The molecule has 1 N–H and O–H groups in total. The molecule has 0 aromatic rings. The van der Waals surface area contributed by atoms with Crippen molar-refractivity contribution in [2.75, 3.05) is 20.2 Å². The van der Waals surface area contributed by atoms with Gasteiger partial charge in [-0.05, 0) is 62.8 Å². The maximum atomic E-state index is 11.0. The zero-order chi connectivity index (χ0) is 17.4. The Morgan fingerprint density at radius 2 is 2.17 bits per heavy atom. The van der Waals surface area contributed by atoms with Crippen molar-refractivity contribution < 1.29 is 9.53 Å². The molecular weight excluding hydrogens is 298 g/mol. The molecule has 2 saturated carbocycles. The lowest BCUT2D eigenvalue weighted by Gasteiger charge is -2.62. The zero-order valence-electron chi connectivity index (χ0n) is 15.9. The predicted molar refractivity (Wildman–Crippen MR) is 97.9 cm³/mol. The van der Waals surface area contributed by atoms with E-state index in [2.05, 4.69) is 32.2 Å². The highest BCUT2D eigenvalue weighted by molar-refractivity contribution is 5.49. The second-order valence-electron chi connectivity index (χ2n) is 8.85. The summed E-state index contributed by atoms with van der Waals surface area (Å²) < 4.78 is 6.32. The van der Waals surface area contributed by atoms with E-state index in [9.17, 15) is 4.79 Å². The normalized spacial score (nSPS) is 44.1. The number of nitrogens with one attached hydrogen (secondary N) is 1. The van der Waals surface area contributed by atoms with E-state index in [1.165, 1.54) is 25.7 Å². The van der Waals surface area contributed by atoms with Crippen LogP contribution in [0.25, 0.3) is 0 Å². The van der Waals surface area contributed by atoms with Crippen molar-refractivity contribution in [2.45, 2.75) is 64.9 Å². The number of hydrogen-bond acceptors (Lipinski definition) is 3. The standard InChI is InChI=1S/C21H35NO2/c1-15-7-8-18-19-16(14-21(19,3)24-13-11-22-4)9-10-20(18,2)17(15)6-5-12-23/h12,14-15,17-19,22H,5-11,13H2,1-4H3/t15?,17?,18?,19?,20?,21-/m1/s1. The van der Waals surface area contributed by atoms with Crippen molar-refractivity contribution in [1.82, 2.24) is 5.32 Å². The van der Waals surface area contributed by atoms with Crippen LogP contribution in [0.3, 0.4) is 0 Å². The van der Waals surface area contributed by atoms with Crippen LogP contribution in [0.15, 0.2) is 11.6 Å². The Kier molecular flexibility index (Phi) is 5.22. The highest BCUT2D eigenvalue weighted by Gasteiger charge is 2.59. The van der Waals surface area contributed by atoms with Gasteiger partial charge in [-0.1, -0.05) is 31.9 Å². The van der Waals surface area contributed by atoms with Gasteiger partial charge in [0, 0.05) is 18.9 Å². The number of carbonyl (C=O) groups is 1. The molecule has 2 fully saturated rings. The maximum Gasteiger partial charge on any atom is 0.120 e. The van der Waals surface area contributed by atoms with Crippen molar-refractivity contribution in [3.8, 4) is 0 Å². The van der Waals surface area contributed by atoms with Crippen LogP contribution in [0.4, 0.5) is 0 Å². The van der Waals surface area contributed by atoms with Gasteiger partial charge in [0.25, 0.3) is 0 Å². The van der Waals surface area contributed by atoms with Crippen LogP contribution < -0.4 is 5.32 Å². The monoisotopic (exact) mass is 333 g/mol. The van der Waals surface area contributed by atoms with E-state index in [1.807, 2.05) is 7.05 Å². The van der Waals surface area contributed by atoms with Crippen LogP contribution >= 0.6 is 0 Å². The van der Waals surface area contributed by atoms with Crippen LogP contribution in [-0.2, 0) is 9.53 Å². The van der Waals surface area contributed by atoms with Crippen molar-refractivity contribution >= 4 is 6.29 Å². The Morgan fingerprint density at radius 1 is 1.38 bits per heavy atom. The molecule has 0 bridgehead atoms. The summed E-state index contributed by atoms with van der Waals surface area (Å²) in [6.07, 6.45) is 10.5. The molecule has 3 heteroatoms. The molecule has 0 saturated heterocycles. The second-order valence-corrected chi connectivity index (χ2v) is 8.85. The average Bonchev–Trinajstić information content (AvgIpc) is 2.54. The van der Waals surface area contributed by atoms with E-state index in [1.54, 1.807) is 5.57 Å². The summed E-state index contributed by atoms with van der Waals surface area (Å²) in [6, 6.07) is 0. The first-order chi connectivity index (χ1) is 11.5. The molecule has 0 aromatic carbocycles. The molecular formula is C21H35NO2. The van der Waals surface area contributed by atoms with Crippen LogP contribution in [0.5, 0.6) is 0 Å². The minimum Gasteiger partial charge on any atom is -0.369 e. The predicted octanol–water partition coefficient (Wildman–Crippen LogP) is 3.98. The molecule has 0 spiro atoms.